The number of allylic oxidation sites excluding steroid dienone is 3. The van der Waals surface area contributed by atoms with Gasteiger partial charge in [-0.1, -0.05) is 31.6 Å². The van der Waals surface area contributed by atoms with E-state index in [1.165, 1.54) is 17.4 Å². The van der Waals surface area contributed by atoms with Crippen molar-refractivity contribution in [2.75, 3.05) is 0 Å². The van der Waals surface area contributed by atoms with Gasteiger partial charge >= 0.3 is 5.97 Å². The molecule has 3 heterocycles. The molecule has 0 saturated carbocycles. The highest BCUT2D eigenvalue weighted by Gasteiger charge is 2.48. The maximum atomic E-state index is 14.3. The third-order valence-electron chi connectivity index (χ3n) is 7.88. The van der Waals surface area contributed by atoms with Gasteiger partial charge in [0.25, 0.3) is 11.5 Å². The maximum Gasteiger partial charge on any atom is 0.338 e. The minimum absolute atomic E-state index is 0.0882. The van der Waals surface area contributed by atoms with E-state index in [1.807, 2.05) is 39.0 Å². The number of hydrazine groups is 1. The number of hydrogen-bond acceptors (Lipinski definition) is 8. The molecule has 0 fully saturated rings. The number of rotatable bonds is 7. The number of carbonyl (C=O) groups is 3. The molecule has 44 heavy (non-hydrogen) atoms. The Labute approximate surface area is 255 Å². The number of esters is 1. The monoisotopic (exact) mass is 595 g/mol. The third kappa shape index (κ3) is 5.55. The Balaban J connectivity index is 1.82. The Morgan fingerprint density at radius 3 is 2.52 bits per heavy atom. The number of carbonyl (C=O) groups excluding carboxylic acids is 3. The van der Waals surface area contributed by atoms with Gasteiger partial charge in [-0.15, -0.1) is 6.58 Å². The van der Waals surface area contributed by atoms with Crippen LogP contribution in [0.25, 0.3) is 10.9 Å². The molecule has 0 spiro atoms. The summed E-state index contributed by atoms with van der Waals surface area (Å²) in [7, 11) is 0. The first-order chi connectivity index (χ1) is 20.8. The molecule has 1 aliphatic heterocycles. The number of Topliss-reactive ketones (excluding diaryl/α,β-unsaturated/α-hetero) is 1. The quantitative estimate of drug-likeness (QED) is 0.303. The lowest BCUT2D eigenvalue weighted by Crippen LogP contribution is -2.51. The lowest BCUT2D eigenvalue weighted by molar-refractivity contribution is -0.143. The molecule has 1 atom stereocenters. The lowest BCUT2D eigenvalue weighted by Gasteiger charge is -2.44. The molecule has 10 heteroatoms. The predicted octanol–water partition coefficient (Wildman–Crippen LogP) is 4.40. The summed E-state index contributed by atoms with van der Waals surface area (Å²) in [4.78, 5) is 59.6. The molecule has 0 radical (unpaired) electrons. The van der Waals surface area contributed by atoms with Gasteiger partial charge < -0.3 is 15.0 Å². The number of fused-ring (bicyclic) bond motifs is 1. The van der Waals surface area contributed by atoms with E-state index in [2.05, 4.69) is 17.0 Å². The molecule has 5 rings (SSSR count). The van der Waals surface area contributed by atoms with Crippen molar-refractivity contribution >= 4 is 28.6 Å². The average molecular weight is 596 g/mol. The fraction of sp³-hybridized carbons (Fsp3) is 0.324. The predicted molar refractivity (Wildman–Crippen MR) is 167 cm³/mol. The Bertz CT molecular complexity index is 1820. The van der Waals surface area contributed by atoms with E-state index in [0.29, 0.717) is 23.2 Å². The molecule has 10 nitrogen and oxygen atoms in total. The van der Waals surface area contributed by atoms with Crippen molar-refractivity contribution in [3.63, 3.8) is 0 Å². The Kier molecular flexibility index (Phi) is 8.03. The minimum atomic E-state index is -1.12. The second-order valence-electron chi connectivity index (χ2n) is 12.4. The summed E-state index contributed by atoms with van der Waals surface area (Å²) in [6, 6.07) is 10.5. The summed E-state index contributed by atoms with van der Waals surface area (Å²) >= 11 is 0. The van der Waals surface area contributed by atoms with Crippen LogP contribution in [0.2, 0.25) is 0 Å². The summed E-state index contributed by atoms with van der Waals surface area (Å²) in [5.74, 6) is -2.78. The highest BCUT2D eigenvalue weighted by atomic mass is 16.5. The topological polar surface area (TPSA) is 137 Å². The van der Waals surface area contributed by atoms with Crippen LogP contribution in [0.3, 0.4) is 0 Å². The molecule has 1 unspecified atom stereocenters. The second-order valence-corrected chi connectivity index (χ2v) is 12.4. The van der Waals surface area contributed by atoms with Crippen molar-refractivity contribution in [2.24, 2.45) is 11.1 Å². The number of nitrogens with one attached hydrogen (secondary N) is 1. The Morgan fingerprint density at radius 1 is 1.16 bits per heavy atom. The van der Waals surface area contributed by atoms with E-state index in [0.717, 1.165) is 10.9 Å². The van der Waals surface area contributed by atoms with Crippen LogP contribution in [0, 0.1) is 12.3 Å². The SMILES string of the molecule is C=CCn1c(=O)c(C2C(C(=O)OC(C)C)=C(N)N(NC(=O)c3ccncc3)C3=C2C(=O)CC(C)(C)C3)cc2cc(C)ccc21. The molecule has 228 valence electrons. The van der Waals surface area contributed by atoms with Crippen molar-refractivity contribution in [3.8, 4) is 0 Å². The molecule has 3 N–H and O–H groups in total. The van der Waals surface area contributed by atoms with E-state index in [1.54, 1.807) is 42.7 Å². The van der Waals surface area contributed by atoms with Gasteiger partial charge in [0, 0.05) is 42.1 Å². The second kappa shape index (κ2) is 11.6. The van der Waals surface area contributed by atoms with Gasteiger partial charge in [-0.05, 0) is 68.3 Å². The first-order valence-electron chi connectivity index (χ1n) is 14.6. The summed E-state index contributed by atoms with van der Waals surface area (Å²) in [6.07, 6.45) is 4.60. The number of aromatic nitrogens is 2. The molecule has 2 aromatic heterocycles. The van der Waals surface area contributed by atoms with Gasteiger partial charge in [0.2, 0.25) is 0 Å². The molecular weight excluding hydrogens is 558 g/mol. The van der Waals surface area contributed by atoms with Crippen molar-refractivity contribution in [3.05, 3.63) is 111 Å². The van der Waals surface area contributed by atoms with Gasteiger partial charge in [-0.2, -0.15) is 0 Å². The van der Waals surface area contributed by atoms with Crippen LogP contribution in [-0.4, -0.2) is 38.3 Å². The number of ether oxygens (including phenoxy) is 1. The van der Waals surface area contributed by atoms with Crippen LogP contribution in [0.15, 0.2) is 88.9 Å². The number of nitrogens with zero attached hydrogens (tertiary/aromatic N) is 3. The lowest BCUT2D eigenvalue weighted by atomic mass is 9.68. The van der Waals surface area contributed by atoms with Crippen molar-refractivity contribution in [1.82, 2.24) is 20.0 Å². The van der Waals surface area contributed by atoms with Gasteiger partial charge in [0.15, 0.2) is 5.78 Å². The van der Waals surface area contributed by atoms with Crippen LogP contribution in [-0.2, 0) is 20.9 Å². The minimum Gasteiger partial charge on any atom is -0.459 e. The zero-order valence-corrected chi connectivity index (χ0v) is 25.6. The standard InChI is InChI=1S/C34H37N5O5/c1-7-14-38-24-9-8-20(4)15-22(24)16-23(32(38)42)27-28-25(17-34(5,6)18-26(28)40)39(30(35)29(27)33(43)44-19(2)3)37-31(41)21-10-12-36-13-11-21/h7-13,15-16,19,27H,1,14,17-18,35H2,2-6H3,(H,37,41). The summed E-state index contributed by atoms with van der Waals surface area (Å²) < 4.78 is 7.22. The largest absolute Gasteiger partial charge is 0.459 e. The Morgan fingerprint density at radius 2 is 1.86 bits per heavy atom. The van der Waals surface area contributed by atoms with Gasteiger partial charge in [-0.25, -0.2) is 9.80 Å². The van der Waals surface area contributed by atoms with E-state index in [4.69, 9.17) is 10.5 Å². The van der Waals surface area contributed by atoms with E-state index in [9.17, 15) is 19.2 Å². The number of aryl methyl sites for hydroxylation is 1. The zero-order valence-electron chi connectivity index (χ0n) is 25.6. The number of ketones is 1. The van der Waals surface area contributed by atoms with Crippen LogP contribution in [0.1, 0.15) is 67.9 Å². The van der Waals surface area contributed by atoms with Crippen LogP contribution in [0.5, 0.6) is 0 Å². The van der Waals surface area contributed by atoms with Gasteiger partial charge in [0.1, 0.15) is 5.82 Å². The van der Waals surface area contributed by atoms with E-state index in [-0.39, 0.29) is 46.8 Å². The fourth-order valence-corrected chi connectivity index (χ4v) is 6.04. The highest BCUT2D eigenvalue weighted by molar-refractivity contribution is 6.04. The summed E-state index contributed by atoms with van der Waals surface area (Å²) in [6.45, 7) is 13.3. The fourth-order valence-electron chi connectivity index (χ4n) is 6.04. The molecule has 1 aliphatic carbocycles. The maximum absolute atomic E-state index is 14.3. The highest BCUT2D eigenvalue weighted by Crippen LogP contribution is 2.48. The molecular formula is C34H37N5O5. The van der Waals surface area contributed by atoms with Crippen LogP contribution in [0.4, 0.5) is 0 Å². The normalized spacial score (nSPS) is 18.0. The molecule has 0 bridgehead atoms. The first-order valence-corrected chi connectivity index (χ1v) is 14.6. The molecule has 0 saturated heterocycles. The van der Waals surface area contributed by atoms with Gasteiger partial charge in [-0.3, -0.25) is 24.8 Å². The van der Waals surface area contributed by atoms with Gasteiger partial charge in [0.05, 0.1) is 28.8 Å². The van der Waals surface area contributed by atoms with Crippen molar-refractivity contribution in [2.45, 2.75) is 66.0 Å². The van der Waals surface area contributed by atoms with Crippen LogP contribution < -0.4 is 16.7 Å². The summed E-state index contributed by atoms with van der Waals surface area (Å²) in [5.41, 5.74) is 11.5. The Hall–Kier alpha value is -4.99. The van der Waals surface area contributed by atoms with E-state index < -0.39 is 29.3 Å². The number of nitrogens with two attached hydrogens (primary N) is 1. The molecule has 2 aliphatic rings. The third-order valence-corrected chi connectivity index (χ3v) is 7.88. The molecule has 3 aromatic rings. The van der Waals surface area contributed by atoms with Crippen molar-refractivity contribution in [1.29, 1.82) is 0 Å². The smallest absolute Gasteiger partial charge is 0.338 e. The van der Waals surface area contributed by atoms with E-state index >= 15 is 0 Å². The van der Waals surface area contributed by atoms with Crippen molar-refractivity contribution < 1.29 is 19.1 Å². The molecule has 1 amide bonds. The average Bonchev–Trinajstić information content (AvgIpc) is 2.95. The number of pyridine rings is 2. The molecule has 1 aromatic carbocycles. The number of benzene rings is 1. The summed E-state index contributed by atoms with van der Waals surface area (Å²) in [5, 5.41) is 2.08. The zero-order chi connectivity index (χ0) is 31.9. The van der Waals surface area contributed by atoms with Crippen LogP contribution >= 0.6 is 0 Å². The number of hydrogen-bond donors (Lipinski definition) is 2. The first kappa shape index (κ1) is 30.5. The number of amides is 1.